The first-order valence-corrected chi connectivity index (χ1v) is 5.50. The number of unbranched alkanes of at least 4 members (excludes halogenated alkanes) is 1. The molecule has 1 N–H and O–H groups in total. The van der Waals surface area contributed by atoms with Crippen molar-refractivity contribution < 1.29 is 18.0 Å². The van der Waals surface area contributed by atoms with Crippen molar-refractivity contribution in [2.75, 3.05) is 19.6 Å². The van der Waals surface area contributed by atoms with Crippen LogP contribution < -0.4 is 5.32 Å². The lowest BCUT2D eigenvalue weighted by Crippen LogP contribution is -2.45. The second-order valence-electron chi connectivity index (χ2n) is 3.62. The summed E-state index contributed by atoms with van der Waals surface area (Å²) in [7, 11) is 0. The van der Waals surface area contributed by atoms with Gasteiger partial charge in [-0.15, -0.1) is 0 Å². The normalized spacial score (nSPS) is 11.3. The highest BCUT2D eigenvalue weighted by Crippen LogP contribution is 2.16. The van der Waals surface area contributed by atoms with Gasteiger partial charge in [-0.25, -0.2) is 4.79 Å². The average molecular weight is 240 g/mol. The van der Waals surface area contributed by atoms with Gasteiger partial charge in [0.2, 0.25) is 0 Å². The maximum absolute atomic E-state index is 12.2. The van der Waals surface area contributed by atoms with Crippen molar-refractivity contribution in [1.29, 1.82) is 0 Å². The lowest BCUT2D eigenvalue weighted by Gasteiger charge is -2.23. The van der Waals surface area contributed by atoms with E-state index in [0.717, 1.165) is 17.7 Å². The predicted octanol–water partition coefficient (Wildman–Crippen LogP) is 2.77. The average Bonchev–Trinajstić information content (AvgIpc) is 2.15. The van der Waals surface area contributed by atoms with Crippen molar-refractivity contribution in [3.63, 3.8) is 0 Å². The minimum atomic E-state index is -4.34. The molecule has 16 heavy (non-hydrogen) atoms. The van der Waals surface area contributed by atoms with Crippen molar-refractivity contribution in [3.05, 3.63) is 0 Å². The molecule has 3 nitrogen and oxygen atoms in total. The van der Waals surface area contributed by atoms with E-state index in [2.05, 4.69) is 5.32 Å². The van der Waals surface area contributed by atoms with Gasteiger partial charge in [-0.05, 0) is 12.8 Å². The molecule has 0 atom stereocenters. The van der Waals surface area contributed by atoms with Gasteiger partial charge < -0.3 is 10.2 Å². The Kier molecular flexibility index (Phi) is 6.92. The SMILES string of the molecule is CCCCNC(=O)N(CCC)CC(F)(F)F. The lowest BCUT2D eigenvalue weighted by molar-refractivity contribution is -0.140. The Morgan fingerprint density at radius 2 is 1.88 bits per heavy atom. The number of carbonyl (C=O) groups excluding carboxylic acids is 1. The Hall–Kier alpha value is -0.940. The lowest BCUT2D eigenvalue weighted by atomic mass is 10.3. The molecule has 0 bridgehead atoms. The molecule has 0 saturated heterocycles. The third-order valence-electron chi connectivity index (χ3n) is 1.96. The van der Waals surface area contributed by atoms with Crippen LogP contribution in [-0.2, 0) is 0 Å². The number of rotatable bonds is 6. The second-order valence-corrected chi connectivity index (χ2v) is 3.62. The van der Waals surface area contributed by atoms with Crippen LogP contribution in [0.2, 0.25) is 0 Å². The summed E-state index contributed by atoms with van der Waals surface area (Å²) in [4.78, 5) is 12.2. The monoisotopic (exact) mass is 240 g/mol. The highest BCUT2D eigenvalue weighted by Gasteiger charge is 2.32. The van der Waals surface area contributed by atoms with Gasteiger partial charge in [0.1, 0.15) is 6.54 Å². The van der Waals surface area contributed by atoms with E-state index in [-0.39, 0.29) is 6.54 Å². The molecule has 0 rings (SSSR count). The first kappa shape index (κ1) is 15.1. The molecule has 0 radical (unpaired) electrons. The molecule has 0 aliphatic heterocycles. The van der Waals surface area contributed by atoms with Crippen LogP contribution in [-0.4, -0.2) is 36.7 Å². The van der Waals surface area contributed by atoms with Gasteiger partial charge in [-0.1, -0.05) is 20.3 Å². The van der Waals surface area contributed by atoms with E-state index < -0.39 is 18.8 Å². The molecule has 0 fully saturated rings. The summed E-state index contributed by atoms with van der Waals surface area (Å²) in [5.41, 5.74) is 0. The molecule has 0 spiro atoms. The molecule has 2 amide bonds. The molecule has 0 heterocycles. The van der Waals surface area contributed by atoms with Crippen molar-refractivity contribution in [2.45, 2.75) is 39.3 Å². The number of carbonyl (C=O) groups is 1. The molecule has 0 aliphatic carbocycles. The number of nitrogens with one attached hydrogen (secondary N) is 1. The second kappa shape index (κ2) is 7.35. The molecule has 0 aliphatic rings. The largest absolute Gasteiger partial charge is 0.406 e. The van der Waals surface area contributed by atoms with Crippen molar-refractivity contribution in [3.8, 4) is 0 Å². The standard InChI is InChI=1S/C10H19F3N2O/c1-3-5-6-14-9(16)15(7-4-2)8-10(11,12)13/h3-8H2,1-2H3,(H,14,16). The smallest absolute Gasteiger partial charge is 0.338 e. The van der Waals surface area contributed by atoms with Gasteiger partial charge in [-0.2, -0.15) is 13.2 Å². The number of halogens is 3. The van der Waals surface area contributed by atoms with Crippen LogP contribution in [0.5, 0.6) is 0 Å². The van der Waals surface area contributed by atoms with E-state index in [1.807, 2.05) is 6.92 Å². The number of hydrogen-bond acceptors (Lipinski definition) is 1. The highest BCUT2D eigenvalue weighted by atomic mass is 19.4. The van der Waals surface area contributed by atoms with Crippen LogP contribution in [0.25, 0.3) is 0 Å². The minimum absolute atomic E-state index is 0.122. The Bertz CT molecular complexity index is 207. The van der Waals surface area contributed by atoms with E-state index in [1.54, 1.807) is 6.92 Å². The molecular formula is C10H19F3N2O. The van der Waals surface area contributed by atoms with Gasteiger partial charge in [0.25, 0.3) is 0 Å². The highest BCUT2D eigenvalue weighted by molar-refractivity contribution is 5.74. The zero-order valence-corrected chi connectivity index (χ0v) is 9.73. The van der Waals surface area contributed by atoms with Gasteiger partial charge in [0.15, 0.2) is 0 Å². The number of alkyl halides is 3. The molecule has 0 saturated carbocycles. The minimum Gasteiger partial charge on any atom is -0.338 e. The Balaban J connectivity index is 4.13. The van der Waals surface area contributed by atoms with Crippen molar-refractivity contribution in [2.24, 2.45) is 0 Å². The van der Waals surface area contributed by atoms with Gasteiger partial charge in [0, 0.05) is 13.1 Å². The predicted molar refractivity (Wildman–Crippen MR) is 56.2 cm³/mol. The van der Waals surface area contributed by atoms with Crippen LogP contribution in [0.4, 0.5) is 18.0 Å². The zero-order chi connectivity index (χ0) is 12.6. The number of hydrogen-bond donors (Lipinski definition) is 1. The molecule has 96 valence electrons. The summed E-state index contributed by atoms with van der Waals surface area (Å²) in [5, 5.41) is 2.48. The maximum Gasteiger partial charge on any atom is 0.406 e. The van der Waals surface area contributed by atoms with Gasteiger partial charge >= 0.3 is 12.2 Å². The van der Waals surface area contributed by atoms with Crippen LogP contribution >= 0.6 is 0 Å². The zero-order valence-electron chi connectivity index (χ0n) is 9.73. The summed E-state index contributed by atoms with van der Waals surface area (Å²) in [6, 6.07) is -0.632. The fourth-order valence-corrected chi connectivity index (χ4v) is 1.22. The number of urea groups is 1. The molecule has 0 aromatic carbocycles. The van der Waals surface area contributed by atoms with E-state index in [9.17, 15) is 18.0 Å². The van der Waals surface area contributed by atoms with Crippen molar-refractivity contribution >= 4 is 6.03 Å². The van der Waals surface area contributed by atoms with E-state index in [0.29, 0.717) is 13.0 Å². The molecule has 0 aromatic rings. The Labute approximate surface area is 94.0 Å². The van der Waals surface area contributed by atoms with E-state index >= 15 is 0 Å². The first-order chi connectivity index (χ1) is 7.40. The number of nitrogens with zero attached hydrogens (tertiary/aromatic N) is 1. The van der Waals surface area contributed by atoms with Crippen molar-refractivity contribution in [1.82, 2.24) is 10.2 Å². The van der Waals surface area contributed by atoms with Crippen LogP contribution in [0.1, 0.15) is 33.1 Å². The summed E-state index contributed by atoms with van der Waals surface area (Å²) in [6.07, 6.45) is -2.15. The summed E-state index contributed by atoms with van der Waals surface area (Å²) in [6.45, 7) is 3.05. The van der Waals surface area contributed by atoms with E-state index in [4.69, 9.17) is 0 Å². The quantitative estimate of drug-likeness (QED) is 0.711. The fourth-order valence-electron chi connectivity index (χ4n) is 1.22. The number of amides is 2. The van der Waals surface area contributed by atoms with E-state index in [1.165, 1.54) is 0 Å². The maximum atomic E-state index is 12.2. The summed E-state index contributed by atoms with van der Waals surface area (Å²) >= 11 is 0. The van der Waals surface area contributed by atoms with Gasteiger partial charge in [0.05, 0.1) is 0 Å². The molecule has 0 unspecified atom stereocenters. The van der Waals surface area contributed by atoms with Gasteiger partial charge in [-0.3, -0.25) is 0 Å². The Morgan fingerprint density at radius 3 is 2.31 bits per heavy atom. The topological polar surface area (TPSA) is 32.3 Å². The van der Waals surface area contributed by atoms with Crippen LogP contribution in [0, 0.1) is 0 Å². The molecule has 6 heteroatoms. The fraction of sp³-hybridized carbons (Fsp3) is 0.900. The summed E-state index contributed by atoms with van der Waals surface area (Å²) in [5.74, 6) is 0. The summed E-state index contributed by atoms with van der Waals surface area (Å²) < 4.78 is 36.5. The van der Waals surface area contributed by atoms with Crippen LogP contribution in [0.3, 0.4) is 0 Å². The molecule has 0 aromatic heterocycles. The third kappa shape index (κ3) is 7.36. The molecular weight excluding hydrogens is 221 g/mol. The van der Waals surface area contributed by atoms with Crippen LogP contribution in [0.15, 0.2) is 0 Å². The first-order valence-electron chi connectivity index (χ1n) is 5.50. The Morgan fingerprint density at radius 1 is 1.25 bits per heavy atom. The third-order valence-corrected chi connectivity index (χ3v) is 1.96.